The first kappa shape index (κ1) is 32.1. The molecule has 6 heteroatoms. The monoisotopic (exact) mass is 520 g/mol. The average Bonchev–Trinajstić information content (AvgIpc) is 2.84. The standard InChI is InChI=1S/C30H46O.H2O4S/c1-3-5-7-9-11-13-15-21-27-23-17-19-25-29(27)31-30-26-20-18-24-28(30)22-16-14-12-10-8-6-4-2;1-5(2,3)4/h17-20,23-26H,3-16,21-22H2,1-2H3;(H2,1,2,3,4). The highest BCUT2D eigenvalue weighted by atomic mass is 32.3. The molecule has 2 N–H and O–H groups in total. The lowest BCUT2D eigenvalue weighted by molar-refractivity contribution is 0.381. The minimum Gasteiger partial charge on any atom is -0.457 e. The van der Waals surface area contributed by atoms with Gasteiger partial charge in [0.25, 0.3) is 0 Å². The fourth-order valence-corrected chi connectivity index (χ4v) is 4.28. The Balaban J connectivity index is 0.00000118. The normalized spacial score (nSPS) is 11.1. The maximum Gasteiger partial charge on any atom is 0.394 e. The Labute approximate surface area is 220 Å². The minimum absolute atomic E-state index is 1.04. The molecule has 0 atom stereocenters. The lowest BCUT2D eigenvalue weighted by Gasteiger charge is -2.14. The summed E-state index contributed by atoms with van der Waals surface area (Å²) >= 11 is 0. The number of hydrogen-bond acceptors (Lipinski definition) is 3. The quantitative estimate of drug-likeness (QED) is 0.151. The van der Waals surface area contributed by atoms with E-state index < -0.39 is 10.4 Å². The van der Waals surface area contributed by atoms with Crippen molar-refractivity contribution in [3.63, 3.8) is 0 Å². The second-order valence-electron chi connectivity index (χ2n) is 9.51. The molecule has 36 heavy (non-hydrogen) atoms. The maximum absolute atomic E-state index is 8.74. The van der Waals surface area contributed by atoms with Gasteiger partial charge in [-0.3, -0.25) is 9.11 Å². The van der Waals surface area contributed by atoms with Gasteiger partial charge in [-0.25, -0.2) is 0 Å². The van der Waals surface area contributed by atoms with Crippen molar-refractivity contribution in [2.24, 2.45) is 0 Å². The van der Waals surface area contributed by atoms with Crippen molar-refractivity contribution < 1.29 is 22.3 Å². The van der Waals surface area contributed by atoms with Crippen LogP contribution < -0.4 is 4.74 Å². The molecule has 0 aliphatic carbocycles. The predicted octanol–water partition coefficient (Wildman–Crippen LogP) is 9.41. The zero-order valence-corrected chi connectivity index (χ0v) is 23.3. The molecule has 0 saturated carbocycles. The molecule has 5 nitrogen and oxygen atoms in total. The van der Waals surface area contributed by atoms with E-state index in [1.54, 1.807) is 0 Å². The third kappa shape index (κ3) is 17.5. The summed E-state index contributed by atoms with van der Waals surface area (Å²) in [5.41, 5.74) is 2.70. The lowest BCUT2D eigenvalue weighted by atomic mass is 10.0. The molecule has 2 aromatic rings. The van der Waals surface area contributed by atoms with Gasteiger partial charge >= 0.3 is 10.4 Å². The summed E-state index contributed by atoms with van der Waals surface area (Å²) in [6.07, 6.45) is 21.1. The Morgan fingerprint density at radius 1 is 0.556 bits per heavy atom. The predicted molar refractivity (Wildman–Crippen MR) is 151 cm³/mol. The van der Waals surface area contributed by atoms with Crippen LogP contribution in [0, 0.1) is 0 Å². The van der Waals surface area contributed by atoms with Crippen molar-refractivity contribution in [2.45, 2.75) is 117 Å². The van der Waals surface area contributed by atoms with Crippen LogP contribution in [0.1, 0.15) is 115 Å². The molecule has 0 aliphatic rings. The SMILES string of the molecule is CCCCCCCCCc1ccccc1Oc1ccccc1CCCCCCCCC.O=S(=O)(O)O. The number of aryl methyl sites for hydroxylation is 2. The van der Waals surface area contributed by atoms with Crippen molar-refractivity contribution in [1.82, 2.24) is 0 Å². The highest BCUT2D eigenvalue weighted by Crippen LogP contribution is 2.30. The summed E-state index contributed by atoms with van der Waals surface area (Å²) in [5.74, 6) is 2.08. The van der Waals surface area contributed by atoms with E-state index in [-0.39, 0.29) is 0 Å². The van der Waals surface area contributed by atoms with E-state index in [1.165, 1.54) is 101 Å². The topological polar surface area (TPSA) is 83.8 Å². The van der Waals surface area contributed by atoms with E-state index in [1.807, 2.05) is 0 Å². The van der Waals surface area contributed by atoms with Gasteiger partial charge in [-0.2, -0.15) is 8.42 Å². The fraction of sp³-hybridized carbons (Fsp3) is 0.600. The van der Waals surface area contributed by atoms with Crippen LogP contribution in [0.3, 0.4) is 0 Å². The smallest absolute Gasteiger partial charge is 0.394 e. The molecule has 0 heterocycles. The van der Waals surface area contributed by atoms with Crippen molar-refractivity contribution in [2.75, 3.05) is 0 Å². The van der Waals surface area contributed by atoms with E-state index in [0.717, 1.165) is 24.3 Å². The van der Waals surface area contributed by atoms with Crippen LogP contribution >= 0.6 is 0 Å². The molecule has 2 aromatic carbocycles. The summed E-state index contributed by atoms with van der Waals surface area (Å²) in [6, 6.07) is 17.3. The molecule has 0 spiro atoms. The van der Waals surface area contributed by atoms with Crippen molar-refractivity contribution in [1.29, 1.82) is 0 Å². The van der Waals surface area contributed by atoms with Gasteiger partial charge in [-0.1, -0.05) is 127 Å². The lowest BCUT2D eigenvalue weighted by Crippen LogP contribution is -1.96. The average molecular weight is 521 g/mol. The molecule has 0 bridgehead atoms. The van der Waals surface area contributed by atoms with Gasteiger partial charge in [-0.15, -0.1) is 0 Å². The molecule has 0 amide bonds. The summed E-state index contributed by atoms with van der Waals surface area (Å²) < 4.78 is 38.0. The fourth-order valence-electron chi connectivity index (χ4n) is 4.28. The largest absolute Gasteiger partial charge is 0.457 e. The Morgan fingerprint density at radius 2 is 0.861 bits per heavy atom. The van der Waals surface area contributed by atoms with Crippen LogP contribution in [0.2, 0.25) is 0 Å². The summed E-state index contributed by atoms with van der Waals surface area (Å²) in [4.78, 5) is 0. The molecular weight excluding hydrogens is 472 g/mol. The van der Waals surface area contributed by atoms with E-state index in [0.29, 0.717) is 0 Å². The third-order valence-corrected chi connectivity index (χ3v) is 6.26. The van der Waals surface area contributed by atoms with Gasteiger partial charge in [0.15, 0.2) is 0 Å². The highest BCUT2D eigenvalue weighted by molar-refractivity contribution is 7.79. The van der Waals surface area contributed by atoms with E-state index in [4.69, 9.17) is 22.3 Å². The van der Waals surface area contributed by atoms with Crippen LogP contribution in [0.25, 0.3) is 0 Å². The van der Waals surface area contributed by atoms with Gasteiger partial charge in [0.2, 0.25) is 0 Å². The van der Waals surface area contributed by atoms with Gasteiger partial charge in [-0.05, 0) is 48.9 Å². The van der Waals surface area contributed by atoms with Gasteiger partial charge in [0.05, 0.1) is 0 Å². The summed E-state index contributed by atoms with van der Waals surface area (Å²) in [6.45, 7) is 4.56. The zero-order chi connectivity index (χ0) is 26.5. The number of unbranched alkanes of at least 4 members (excludes halogenated alkanes) is 12. The van der Waals surface area contributed by atoms with Crippen molar-refractivity contribution in [3.8, 4) is 11.5 Å². The molecular formula is C30H48O5S. The van der Waals surface area contributed by atoms with Crippen molar-refractivity contribution >= 4 is 10.4 Å². The maximum atomic E-state index is 8.74. The number of ether oxygens (including phenoxy) is 1. The van der Waals surface area contributed by atoms with Gasteiger partial charge in [0, 0.05) is 0 Å². The summed E-state index contributed by atoms with van der Waals surface area (Å²) in [7, 11) is -4.67. The minimum atomic E-state index is -4.67. The van der Waals surface area contributed by atoms with Crippen LogP contribution in [-0.4, -0.2) is 17.5 Å². The molecule has 204 valence electrons. The first-order valence-electron chi connectivity index (χ1n) is 13.9. The second-order valence-corrected chi connectivity index (χ2v) is 10.4. The first-order valence-corrected chi connectivity index (χ1v) is 15.3. The van der Waals surface area contributed by atoms with Gasteiger partial charge < -0.3 is 4.74 Å². The van der Waals surface area contributed by atoms with E-state index >= 15 is 0 Å². The Hall–Kier alpha value is -1.89. The molecule has 2 rings (SSSR count). The second kappa shape index (κ2) is 20.2. The van der Waals surface area contributed by atoms with Crippen LogP contribution in [-0.2, 0) is 23.2 Å². The molecule has 0 fully saturated rings. The van der Waals surface area contributed by atoms with E-state index in [2.05, 4.69) is 62.4 Å². The molecule has 0 aliphatic heterocycles. The Bertz CT molecular complexity index is 844. The number of hydrogen-bond donors (Lipinski definition) is 2. The van der Waals surface area contributed by atoms with Crippen LogP contribution in [0.15, 0.2) is 48.5 Å². The zero-order valence-electron chi connectivity index (χ0n) is 22.5. The number of para-hydroxylation sites is 2. The summed E-state index contributed by atoms with van der Waals surface area (Å²) in [5, 5.41) is 0. The van der Waals surface area contributed by atoms with E-state index in [9.17, 15) is 0 Å². The highest BCUT2D eigenvalue weighted by Gasteiger charge is 2.08. The number of rotatable bonds is 18. The molecule has 0 unspecified atom stereocenters. The van der Waals surface area contributed by atoms with Crippen LogP contribution in [0.4, 0.5) is 0 Å². The first-order chi connectivity index (χ1) is 17.3. The number of benzene rings is 2. The van der Waals surface area contributed by atoms with Crippen molar-refractivity contribution in [3.05, 3.63) is 59.7 Å². The molecule has 0 aromatic heterocycles. The van der Waals surface area contributed by atoms with Gasteiger partial charge in [0.1, 0.15) is 11.5 Å². The third-order valence-electron chi connectivity index (χ3n) is 6.26. The van der Waals surface area contributed by atoms with Crippen LogP contribution in [0.5, 0.6) is 11.5 Å². The molecule has 0 radical (unpaired) electrons. The Morgan fingerprint density at radius 3 is 1.22 bits per heavy atom. The Kier molecular flexibility index (Phi) is 18.0. The molecule has 0 saturated heterocycles.